The SMILES string of the molecule is [B]c1cn2cnnc2cc1C(=O)OC(C)(C)C. The second-order valence-corrected chi connectivity index (χ2v) is 4.74. The number of carbonyl (C=O) groups excluding carboxylic acids is 1. The van der Waals surface area contributed by atoms with Gasteiger partial charge in [0, 0.05) is 6.20 Å². The average Bonchev–Trinajstić information content (AvgIpc) is 2.60. The fraction of sp³-hybridized carbons (Fsp3) is 0.364. The van der Waals surface area contributed by atoms with E-state index in [4.69, 9.17) is 12.6 Å². The molecule has 6 heteroatoms. The molecule has 17 heavy (non-hydrogen) atoms. The standard InChI is InChI=1S/C11H12BN3O2/c1-11(2,3)17-10(16)7-4-9-14-13-6-15(9)5-8(7)12/h4-6H,1-3H3. The Morgan fingerprint density at radius 2 is 2.18 bits per heavy atom. The number of fused-ring (bicyclic) bond motifs is 1. The summed E-state index contributed by atoms with van der Waals surface area (Å²) in [6.07, 6.45) is 3.11. The molecule has 0 aliphatic carbocycles. The van der Waals surface area contributed by atoms with Crippen molar-refractivity contribution < 1.29 is 9.53 Å². The van der Waals surface area contributed by atoms with Gasteiger partial charge >= 0.3 is 5.97 Å². The van der Waals surface area contributed by atoms with Gasteiger partial charge in [-0.1, -0.05) is 5.46 Å². The zero-order chi connectivity index (χ0) is 12.6. The van der Waals surface area contributed by atoms with E-state index in [1.807, 2.05) is 0 Å². The third-order valence-electron chi connectivity index (χ3n) is 2.08. The largest absolute Gasteiger partial charge is 0.456 e. The van der Waals surface area contributed by atoms with Crippen molar-refractivity contribution in [2.75, 3.05) is 0 Å². The summed E-state index contributed by atoms with van der Waals surface area (Å²) in [7, 11) is 5.79. The van der Waals surface area contributed by atoms with Crippen LogP contribution in [0.4, 0.5) is 0 Å². The molecule has 0 saturated carbocycles. The van der Waals surface area contributed by atoms with Crippen molar-refractivity contribution in [2.24, 2.45) is 0 Å². The first-order valence-electron chi connectivity index (χ1n) is 5.19. The number of hydrogen-bond acceptors (Lipinski definition) is 4. The Morgan fingerprint density at radius 3 is 2.82 bits per heavy atom. The Morgan fingerprint density at radius 1 is 1.47 bits per heavy atom. The van der Waals surface area contributed by atoms with Gasteiger partial charge < -0.3 is 4.74 Å². The molecule has 86 valence electrons. The lowest BCUT2D eigenvalue weighted by Crippen LogP contribution is -2.28. The highest BCUT2D eigenvalue weighted by Gasteiger charge is 2.19. The highest BCUT2D eigenvalue weighted by Crippen LogP contribution is 2.11. The zero-order valence-electron chi connectivity index (χ0n) is 9.97. The summed E-state index contributed by atoms with van der Waals surface area (Å²) in [4.78, 5) is 11.9. The number of esters is 1. The molecule has 0 aromatic carbocycles. The number of rotatable bonds is 1. The Labute approximate surface area is 100 Å². The van der Waals surface area contributed by atoms with Gasteiger partial charge in [-0.25, -0.2) is 4.79 Å². The van der Waals surface area contributed by atoms with Crippen LogP contribution in [0.2, 0.25) is 0 Å². The van der Waals surface area contributed by atoms with Crippen LogP contribution in [-0.2, 0) is 4.74 Å². The summed E-state index contributed by atoms with van der Waals surface area (Å²) in [6.45, 7) is 5.41. The predicted molar refractivity (Wildman–Crippen MR) is 63.5 cm³/mol. The molecule has 5 nitrogen and oxygen atoms in total. The number of pyridine rings is 1. The summed E-state index contributed by atoms with van der Waals surface area (Å²) < 4.78 is 6.90. The predicted octanol–water partition coefficient (Wildman–Crippen LogP) is 0.478. The molecule has 0 aliphatic rings. The molecule has 2 rings (SSSR count). The molecule has 2 radical (unpaired) electrons. The van der Waals surface area contributed by atoms with E-state index < -0.39 is 11.6 Å². The van der Waals surface area contributed by atoms with E-state index in [0.717, 1.165) is 0 Å². The quantitative estimate of drug-likeness (QED) is 0.527. The number of aromatic nitrogens is 3. The Balaban J connectivity index is 2.40. The maximum Gasteiger partial charge on any atom is 0.338 e. The van der Waals surface area contributed by atoms with Gasteiger partial charge in [0.1, 0.15) is 19.8 Å². The van der Waals surface area contributed by atoms with Crippen LogP contribution in [0.25, 0.3) is 5.65 Å². The Bertz CT molecular complexity index is 572. The van der Waals surface area contributed by atoms with Crippen molar-refractivity contribution >= 4 is 24.9 Å². The Hall–Kier alpha value is -1.85. The highest BCUT2D eigenvalue weighted by atomic mass is 16.6. The van der Waals surface area contributed by atoms with Crippen LogP contribution in [0.3, 0.4) is 0 Å². The first kappa shape index (κ1) is 11.6. The van der Waals surface area contributed by atoms with Gasteiger partial charge in [0.25, 0.3) is 0 Å². The van der Waals surface area contributed by atoms with Crippen LogP contribution >= 0.6 is 0 Å². The first-order chi connectivity index (χ1) is 7.87. The van der Waals surface area contributed by atoms with Crippen LogP contribution in [-0.4, -0.2) is 34.0 Å². The van der Waals surface area contributed by atoms with Crippen LogP contribution in [0, 0.1) is 0 Å². The molecular formula is C11H12BN3O2. The summed E-state index contributed by atoms with van der Waals surface area (Å²) >= 11 is 0. The van der Waals surface area contributed by atoms with Crippen LogP contribution < -0.4 is 5.46 Å². The van der Waals surface area contributed by atoms with Crippen molar-refractivity contribution in [3.8, 4) is 0 Å². The maximum absolute atomic E-state index is 11.9. The monoisotopic (exact) mass is 229 g/mol. The highest BCUT2D eigenvalue weighted by molar-refractivity contribution is 6.36. The molecular weight excluding hydrogens is 217 g/mol. The molecule has 0 bridgehead atoms. The summed E-state index contributed by atoms with van der Waals surface area (Å²) in [5, 5.41) is 7.57. The number of nitrogens with zero attached hydrogens (tertiary/aromatic N) is 3. The van der Waals surface area contributed by atoms with E-state index in [0.29, 0.717) is 16.7 Å². The molecule has 2 aromatic rings. The summed E-state index contributed by atoms with van der Waals surface area (Å²) in [6, 6.07) is 1.57. The smallest absolute Gasteiger partial charge is 0.338 e. The van der Waals surface area contributed by atoms with Crippen molar-refractivity contribution in [1.82, 2.24) is 14.6 Å². The molecule has 0 aliphatic heterocycles. The minimum absolute atomic E-state index is 0.306. The molecule has 2 aromatic heterocycles. The van der Waals surface area contributed by atoms with Crippen LogP contribution in [0.15, 0.2) is 18.6 Å². The first-order valence-corrected chi connectivity index (χ1v) is 5.19. The minimum Gasteiger partial charge on any atom is -0.456 e. The Kier molecular flexibility index (Phi) is 2.65. The van der Waals surface area contributed by atoms with E-state index in [1.165, 1.54) is 6.33 Å². The third-order valence-corrected chi connectivity index (χ3v) is 2.08. The molecule has 0 atom stereocenters. The second-order valence-electron chi connectivity index (χ2n) is 4.74. The number of ether oxygens (including phenoxy) is 1. The van der Waals surface area contributed by atoms with Crippen molar-refractivity contribution in [2.45, 2.75) is 26.4 Å². The van der Waals surface area contributed by atoms with E-state index in [2.05, 4.69) is 10.2 Å². The van der Waals surface area contributed by atoms with E-state index in [1.54, 1.807) is 37.4 Å². The fourth-order valence-corrected chi connectivity index (χ4v) is 1.40. The van der Waals surface area contributed by atoms with Gasteiger partial charge in [0.15, 0.2) is 5.65 Å². The molecule has 0 unspecified atom stereocenters. The lowest BCUT2D eigenvalue weighted by atomic mass is 9.92. The molecule has 0 spiro atoms. The minimum atomic E-state index is -0.552. The fourth-order valence-electron chi connectivity index (χ4n) is 1.40. The van der Waals surface area contributed by atoms with Crippen molar-refractivity contribution in [3.05, 3.63) is 24.2 Å². The van der Waals surface area contributed by atoms with Crippen molar-refractivity contribution in [1.29, 1.82) is 0 Å². The van der Waals surface area contributed by atoms with Crippen molar-refractivity contribution in [3.63, 3.8) is 0 Å². The molecule has 0 N–H and O–H groups in total. The third kappa shape index (κ3) is 2.46. The average molecular weight is 229 g/mol. The molecule has 0 amide bonds. The van der Waals surface area contributed by atoms with Gasteiger partial charge in [0.05, 0.1) is 5.56 Å². The van der Waals surface area contributed by atoms with E-state index in [9.17, 15) is 4.79 Å². The van der Waals surface area contributed by atoms with Gasteiger partial charge in [-0.2, -0.15) is 0 Å². The second kappa shape index (κ2) is 3.87. The number of hydrogen-bond donors (Lipinski definition) is 0. The van der Waals surface area contributed by atoms with Gasteiger partial charge in [-0.05, 0) is 26.8 Å². The number of carbonyl (C=O) groups is 1. The van der Waals surface area contributed by atoms with Gasteiger partial charge in [0.2, 0.25) is 0 Å². The lowest BCUT2D eigenvalue weighted by Gasteiger charge is -2.20. The lowest BCUT2D eigenvalue weighted by molar-refractivity contribution is 0.00711. The topological polar surface area (TPSA) is 56.5 Å². The molecule has 2 heterocycles. The van der Waals surface area contributed by atoms with Gasteiger partial charge in [-0.3, -0.25) is 4.40 Å². The van der Waals surface area contributed by atoms with Crippen LogP contribution in [0.1, 0.15) is 31.1 Å². The summed E-state index contributed by atoms with van der Waals surface area (Å²) in [5.74, 6) is -0.458. The maximum atomic E-state index is 11.9. The molecule has 0 fully saturated rings. The zero-order valence-corrected chi connectivity index (χ0v) is 9.97. The van der Waals surface area contributed by atoms with E-state index >= 15 is 0 Å². The van der Waals surface area contributed by atoms with E-state index in [-0.39, 0.29) is 0 Å². The molecule has 0 saturated heterocycles. The summed E-state index contributed by atoms with van der Waals surface area (Å²) in [5.41, 5.74) is 0.649. The van der Waals surface area contributed by atoms with Gasteiger partial charge in [-0.15, -0.1) is 10.2 Å². The van der Waals surface area contributed by atoms with Crippen LogP contribution in [0.5, 0.6) is 0 Å². The normalized spacial score (nSPS) is 11.7.